The normalized spacial score (nSPS) is 43.9. The van der Waals surface area contributed by atoms with E-state index in [1.807, 2.05) is 11.3 Å². The van der Waals surface area contributed by atoms with Crippen LogP contribution in [0.25, 0.3) is 0 Å². The minimum absolute atomic E-state index is 0.678. The van der Waals surface area contributed by atoms with E-state index in [1.54, 1.807) is 11.3 Å². The summed E-state index contributed by atoms with van der Waals surface area (Å²) in [6.45, 7) is 0. The molecule has 1 aromatic heterocycles. The average Bonchev–Trinajstić information content (AvgIpc) is 3.12. The summed E-state index contributed by atoms with van der Waals surface area (Å²) in [7, 11) is 0. The highest BCUT2D eigenvalue weighted by atomic mass is 32.1. The van der Waals surface area contributed by atoms with E-state index in [0.717, 1.165) is 35.6 Å². The second-order valence-corrected chi connectivity index (χ2v) is 8.93. The van der Waals surface area contributed by atoms with Gasteiger partial charge in [0.25, 0.3) is 0 Å². The maximum absolute atomic E-state index is 4.17. The van der Waals surface area contributed by atoms with Crippen molar-refractivity contribution in [3.8, 4) is 0 Å². The molecule has 1 nitrogen and oxygen atoms in total. The lowest BCUT2D eigenvalue weighted by atomic mass is 9.54. The van der Waals surface area contributed by atoms with Crippen molar-refractivity contribution in [2.75, 3.05) is 0 Å². The van der Waals surface area contributed by atoms with Gasteiger partial charge in [-0.2, -0.15) is 0 Å². The van der Waals surface area contributed by atoms with Crippen LogP contribution in [0.4, 0.5) is 0 Å². The quantitative estimate of drug-likeness (QED) is 0.852. The Bertz CT molecular complexity index is 448. The molecule has 0 aromatic carbocycles. The minimum atomic E-state index is 0.678. The van der Waals surface area contributed by atoms with Crippen LogP contribution in [0.3, 0.4) is 0 Å². The summed E-state index contributed by atoms with van der Waals surface area (Å²) in [6, 6.07) is 6.11. The first kappa shape index (κ1) is 12.2. The Kier molecular flexibility index (Phi) is 2.80. The SMILES string of the molecule is c1csc(C(NC2C3CC4CC(C3)CC2C4)C2CC2)c1. The topological polar surface area (TPSA) is 12.0 Å². The van der Waals surface area contributed by atoms with Crippen LogP contribution >= 0.6 is 11.3 Å². The first-order chi connectivity index (χ1) is 9.87. The Balaban J connectivity index is 1.37. The first-order valence-electron chi connectivity index (χ1n) is 8.66. The van der Waals surface area contributed by atoms with E-state index in [1.165, 1.54) is 38.5 Å². The molecule has 20 heavy (non-hydrogen) atoms. The lowest BCUT2D eigenvalue weighted by molar-refractivity contribution is -0.0186. The third-order valence-corrected chi connectivity index (χ3v) is 7.50. The molecule has 0 radical (unpaired) electrons. The van der Waals surface area contributed by atoms with Gasteiger partial charge >= 0.3 is 0 Å². The molecule has 5 saturated carbocycles. The molecule has 1 N–H and O–H groups in total. The molecule has 0 aliphatic heterocycles. The fourth-order valence-electron chi connectivity index (χ4n) is 5.75. The smallest absolute Gasteiger partial charge is 0.0445 e. The Hall–Kier alpha value is -0.340. The first-order valence-corrected chi connectivity index (χ1v) is 9.54. The van der Waals surface area contributed by atoms with Crippen molar-refractivity contribution in [2.45, 2.75) is 57.0 Å². The summed E-state index contributed by atoms with van der Waals surface area (Å²) in [5, 5.41) is 6.43. The second-order valence-electron chi connectivity index (χ2n) is 7.95. The Morgan fingerprint density at radius 2 is 1.70 bits per heavy atom. The van der Waals surface area contributed by atoms with Crippen molar-refractivity contribution >= 4 is 11.3 Å². The zero-order chi connectivity index (χ0) is 13.1. The van der Waals surface area contributed by atoms with Crippen molar-refractivity contribution in [1.29, 1.82) is 0 Å². The summed E-state index contributed by atoms with van der Waals surface area (Å²) >= 11 is 1.96. The zero-order valence-electron chi connectivity index (χ0n) is 12.1. The minimum Gasteiger partial charge on any atom is -0.306 e. The largest absolute Gasteiger partial charge is 0.306 e. The van der Waals surface area contributed by atoms with Gasteiger partial charge in [-0.05, 0) is 86.0 Å². The third-order valence-electron chi connectivity index (χ3n) is 6.54. The Morgan fingerprint density at radius 3 is 2.25 bits per heavy atom. The van der Waals surface area contributed by atoms with E-state index in [9.17, 15) is 0 Å². The summed E-state index contributed by atoms with van der Waals surface area (Å²) in [5.74, 6) is 5.14. The monoisotopic (exact) mass is 287 g/mol. The van der Waals surface area contributed by atoms with Gasteiger partial charge < -0.3 is 5.32 Å². The van der Waals surface area contributed by atoms with Crippen molar-refractivity contribution in [2.24, 2.45) is 29.6 Å². The van der Waals surface area contributed by atoms with Crippen LogP contribution in [0.1, 0.15) is 55.9 Å². The fraction of sp³-hybridized carbons (Fsp3) is 0.778. The van der Waals surface area contributed by atoms with Crippen LogP contribution in [0, 0.1) is 29.6 Å². The van der Waals surface area contributed by atoms with E-state index in [-0.39, 0.29) is 0 Å². The highest BCUT2D eigenvalue weighted by Crippen LogP contribution is 2.55. The Morgan fingerprint density at radius 1 is 1.00 bits per heavy atom. The lowest BCUT2D eigenvalue weighted by Gasteiger charge is -2.55. The van der Waals surface area contributed by atoms with Crippen LogP contribution in [0.5, 0.6) is 0 Å². The molecule has 5 aliphatic carbocycles. The molecule has 5 fully saturated rings. The maximum atomic E-state index is 4.17. The molecule has 4 bridgehead atoms. The highest BCUT2D eigenvalue weighted by Gasteiger charge is 2.49. The van der Waals surface area contributed by atoms with Crippen LogP contribution in [-0.2, 0) is 0 Å². The molecule has 108 valence electrons. The van der Waals surface area contributed by atoms with Crippen LogP contribution < -0.4 is 5.32 Å². The maximum Gasteiger partial charge on any atom is 0.0445 e. The summed E-state index contributed by atoms with van der Waals surface area (Å²) in [5.41, 5.74) is 0. The molecule has 1 heterocycles. The highest BCUT2D eigenvalue weighted by molar-refractivity contribution is 7.10. The van der Waals surface area contributed by atoms with E-state index < -0.39 is 0 Å². The predicted molar refractivity (Wildman–Crippen MR) is 83.8 cm³/mol. The summed E-state index contributed by atoms with van der Waals surface area (Å²) in [4.78, 5) is 1.60. The van der Waals surface area contributed by atoms with Gasteiger partial charge in [0.1, 0.15) is 0 Å². The molecule has 0 saturated heterocycles. The van der Waals surface area contributed by atoms with Crippen molar-refractivity contribution < 1.29 is 0 Å². The zero-order valence-corrected chi connectivity index (χ0v) is 12.9. The van der Waals surface area contributed by atoms with Crippen molar-refractivity contribution in [3.63, 3.8) is 0 Å². The van der Waals surface area contributed by atoms with Gasteiger partial charge in [-0.1, -0.05) is 6.07 Å². The number of rotatable bonds is 4. The fourth-order valence-corrected chi connectivity index (χ4v) is 6.63. The molecule has 6 rings (SSSR count). The molecule has 1 unspecified atom stereocenters. The molecule has 1 aromatic rings. The van der Waals surface area contributed by atoms with Gasteiger partial charge in [0.15, 0.2) is 0 Å². The predicted octanol–water partition coefficient (Wildman–Crippen LogP) is 4.61. The van der Waals surface area contributed by atoms with Gasteiger partial charge in [0.2, 0.25) is 0 Å². The van der Waals surface area contributed by atoms with Gasteiger partial charge in [-0.3, -0.25) is 0 Å². The number of hydrogen-bond donors (Lipinski definition) is 1. The molecule has 1 atom stereocenters. The van der Waals surface area contributed by atoms with Gasteiger partial charge in [-0.25, -0.2) is 0 Å². The summed E-state index contributed by atoms with van der Waals surface area (Å²) in [6.07, 6.45) is 10.6. The molecular weight excluding hydrogens is 262 g/mol. The Labute approximate surface area is 126 Å². The van der Waals surface area contributed by atoms with Gasteiger partial charge in [0.05, 0.1) is 0 Å². The average molecular weight is 287 g/mol. The van der Waals surface area contributed by atoms with E-state index in [2.05, 4.69) is 22.8 Å². The molecule has 0 amide bonds. The summed E-state index contributed by atoms with van der Waals surface area (Å²) < 4.78 is 0. The molecule has 5 aliphatic rings. The van der Waals surface area contributed by atoms with Gasteiger partial charge in [0, 0.05) is 17.0 Å². The standard InChI is InChI=1S/C18H25NS/c1-2-16(20-5-1)18(13-3-4-13)19-17-14-7-11-6-12(9-14)10-15(17)8-11/h1-2,5,11-15,17-19H,3-4,6-10H2. The molecule has 2 heteroatoms. The van der Waals surface area contributed by atoms with Crippen LogP contribution in [0.15, 0.2) is 17.5 Å². The number of thiophene rings is 1. The molecule has 0 spiro atoms. The number of nitrogens with one attached hydrogen (secondary N) is 1. The molecular formula is C18H25NS. The van der Waals surface area contributed by atoms with E-state index >= 15 is 0 Å². The second kappa shape index (κ2) is 4.58. The van der Waals surface area contributed by atoms with Crippen LogP contribution in [-0.4, -0.2) is 6.04 Å². The van der Waals surface area contributed by atoms with Crippen molar-refractivity contribution in [1.82, 2.24) is 5.32 Å². The van der Waals surface area contributed by atoms with E-state index in [4.69, 9.17) is 0 Å². The number of hydrogen-bond acceptors (Lipinski definition) is 2. The van der Waals surface area contributed by atoms with E-state index in [0.29, 0.717) is 6.04 Å². The lowest BCUT2D eigenvalue weighted by Crippen LogP contribution is -2.55. The van der Waals surface area contributed by atoms with Crippen molar-refractivity contribution in [3.05, 3.63) is 22.4 Å². The van der Waals surface area contributed by atoms with Crippen LogP contribution in [0.2, 0.25) is 0 Å². The van der Waals surface area contributed by atoms with Gasteiger partial charge in [-0.15, -0.1) is 11.3 Å². The third kappa shape index (κ3) is 1.99.